The van der Waals surface area contributed by atoms with Crippen LogP contribution in [-0.4, -0.2) is 24.2 Å². The Morgan fingerprint density at radius 3 is 2.15 bits per heavy atom. The molecule has 0 aliphatic heterocycles. The molecule has 0 heterocycles. The summed E-state index contributed by atoms with van der Waals surface area (Å²) < 4.78 is 34.9. The molecular weight excluding hydrogens is 191 g/mol. The molecule has 0 bridgehead atoms. The molecule has 5 nitrogen and oxygen atoms in total. The van der Waals surface area contributed by atoms with Gasteiger partial charge in [0.1, 0.15) is 0 Å². The molecule has 1 unspecified atom stereocenters. The van der Waals surface area contributed by atoms with Crippen molar-refractivity contribution in [2.75, 3.05) is 0 Å². The molecule has 1 atom stereocenters. The van der Waals surface area contributed by atoms with Crippen LogP contribution >= 0.6 is 0 Å². The highest BCUT2D eigenvalue weighted by Gasteiger charge is 2.33. The summed E-state index contributed by atoms with van der Waals surface area (Å²) >= 11 is 0. The maximum Gasteiger partial charge on any atom is 0.391 e. The number of carbonyl (C=O) groups excluding carboxylic acids is 2. The summed E-state index contributed by atoms with van der Waals surface area (Å²) in [6, 6.07) is -3.05. The topological polar surface area (TPSA) is 98.2 Å². The monoisotopic (exact) mass is 199 g/mol. The van der Waals surface area contributed by atoms with Gasteiger partial charge in [0, 0.05) is 0 Å². The van der Waals surface area contributed by atoms with Crippen LogP contribution in [0.25, 0.3) is 0 Å². The summed E-state index contributed by atoms with van der Waals surface area (Å²) in [7, 11) is 0. The Morgan fingerprint density at radius 1 is 1.38 bits per heavy atom. The van der Waals surface area contributed by atoms with E-state index in [1.807, 2.05) is 0 Å². The van der Waals surface area contributed by atoms with Gasteiger partial charge in [-0.25, -0.2) is 4.79 Å². The molecule has 0 saturated carbocycles. The first-order valence-electron chi connectivity index (χ1n) is 3.15. The Hall–Kier alpha value is -1.31. The lowest BCUT2D eigenvalue weighted by Crippen LogP contribution is -2.47. The van der Waals surface area contributed by atoms with Gasteiger partial charge < -0.3 is 11.5 Å². The van der Waals surface area contributed by atoms with Gasteiger partial charge in [-0.1, -0.05) is 0 Å². The average Bonchev–Trinajstić information content (AvgIpc) is 1.81. The largest absolute Gasteiger partial charge is 0.391 e. The minimum atomic E-state index is -4.55. The standard InChI is InChI=1S/C5H8F3N3O2/c6-5(7,8)1-2(9)3(12)11-4(10)13/h2H,1,9H2,(H3,10,11,12,13). The normalized spacial score (nSPS) is 13.5. The van der Waals surface area contributed by atoms with E-state index in [1.165, 1.54) is 5.32 Å². The first-order chi connectivity index (χ1) is 5.72. The Balaban J connectivity index is 4.04. The van der Waals surface area contributed by atoms with Gasteiger partial charge in [0.05, 0.1) is 12.5 Å². The van der Waals surface area contributed by atoms with Gasteiger partial charge in [0.2, 0.25) is 5.91 Å². The maximum atomic E-state index is 11.6. The van der Waals surface area contributed by atoms with Crippen LogP contribution in [0.4, 0.5) is 18.0 Å². The van der Waals surface area contributed by atoms with Crippen molar-refractivity contribution >= 4 is 11.9 Å². The fourth-order valence-electron chi connectivity index (χ4n) is 0.556. The number of hydrogen-bond acceptors (Lipinski definition) is 3. The summed E-state index contributed by atoms with van der Waals surface area (Å²) in [5, 5.41) is 1.44. The second-order valence-electron chi connectivity index (χ2n) is 2.28. The van der Waals surface area contributed by atoms with E-state index in [4.69, 9.17) is 5.73 Å². The first-order valence-corrected chi connectivity index (χ1v) is 3.15. The molecule has 0 aromatic carbocycles. The lowest BCUT2D eigenvalue weighted by molar-refractivity contribution is -0.146. The number of halogens is 3. The first kappa shape index (κ1) is 11.7. The Kier molecular flexibility index (Phi) is 3.67. The summed E-state index contributed by atoms with van der Waals surface area (Å²) in [5.41, 5.74) is 9.30. The molecule has 0 aliphatic rings. The number of amides is 3. The molecule has 13 heavy (non-hydrogen) atoms. The summed E-state index contributed by atoms with van der Waals surface area (Å²) in [6.07, 6.45) is -6.04. The fourth-order valence-corrected chi connectivity index (χ4v) is 0.556. The predicted octanol–water partition coefficient (Wildman–Crippen LogP) is -0.539. The molecule has 0 spiro atoms. The highest BCUT2D eigenvalue weighted by Crippen LogP contribution is 2.20. The van der Waals surface area contributed by atoms with Gasteiger partial charge in [-0.2, -0.15) is 13.2 Å². The number of carbonyl (C=O) groups is 2. The van der Waals surface area contributed by atoms with E-state index in [9.17, 15) is 22.8 Å². The smallest absolute Gasteiger partial charge is 0.351 e. The van der Waals surface area contributed by atoms with Crippen LogP contribution in [0.5, 0.6) is 0 Å². The molecule has 0 aromatic heterocycles. The molecule has 0 aromatic rings. The van der Waals surface area contributed by atoms with Gasteiger partial charge in [-0.05, 0) is 0 Å². The van der Waals surface area contributed by atoms with E-state index in [1.54, 1.807) is 0 Å². The molecule has 76 valence electrons. The second-order valence-corrected chi connectivity index (χ2v) is 2.28. The van der Waals surface area contributed by atoms with Gasteiger partial charge >= 0.3 is 12.2 Å². The minimum Gasteiger partial charge on any atom is -0.351 e. The number of imide groups is 1. The van der Waals surface area contributed by atoms with Crippen molar-refractivity contribution in [3.8, 4) is 0 Å². The number of hydrogen-bond donors (Lipinski definition) is 3. The van der Waals surface area contributed by atoms with Crippen LogP contribution in [0.1, 0.15) is 6.42 Å². The van der Waals surface area contributed by atoms with Crippen LogP contribution in [0.2, 0.25) is 0 Å². The SMILES string of the molecule is NC(=O)NC(=O)C(N)CC(F)(F)F. The fraction of sp³-hybridized carbons (Fsp3) is 0.600. The summed E-state index contributed by atoms with van der Waals surface area (Å²) in [4.78, 5) is 20.6. The highest BCUT2D eigenvalue weighted by molar-refractivity contribution is 5.96. The minimum absolute atomic E-state index is 1.23. The van der Waals surface area contributed by atoms with Gasteiger partial charge in [-0.3, -0.25) is 10.1 Å². The molecule has 0 fully saturated rings. The Labute approximate surface area is 71.2 Å². The van der Waals surface area contributed by atoms with E-state index in [0.29, 0.717) is 0 Å². The Morgan fingerprint density at radius 2 is 1.85 bits per heavy atom. The van der Waals surface area contributed by atoms with Crippen LogP contribution in [0.3, 0.4) is 0 Å². The van der Waals surface area contributed by atoms with Crippen LogP contribution in [0.15, 0.2) is 0 Å². The van der Waals surface area contributed by atoms with Crippen LogP contribution in [0, 0.1) is 0 Å². The number of urea groups is 1. The third-order valence-corrected chi connectivity index (χ3v) is 1.03. The molecule has 3 amide bonds. The third kappa shape index (κ3) is 5.91. The molecule has 0 aliphatic carbocycles. The number of primary amides is 1. The molecule has 0 radical (unpaired) electrons. The zero-order valence-electron chi connectivity index (χ0n) is 6.39. The quantitative estimate of drug-likeness (QED) is 0.557. The lowest BCUT2D eigenvalue weighted by Gasteiger charge is -2.12. The van der Waals surface area contributed by atoms with Gasteiger partial charge in [-0.15, -0.1) is 0 Å². The predicted molar refractivity (Wildman–Crippen MR) is 36.4 cm³/mol. The summed E-state index contributed by atoms with van der Waals surface area (Å²) in [5.74, 6) is -1.25. The zero-order valence-corrected chi connectivity index (χ0v) is 6.39. The van der Waals surface area contributed by atoms with Crippen molar-refractivity contribution in [1.82, 2.24) is 5.32 Å². The van der Waals surface area contributed by atoms with E-state index >= 15 is 0 Å². The van der Waals surface area contributed by atoms with Crippen molar-refractivity contribution in [3.05, 3.63) is 0 Å². The average molecular weight is 199 g/mol. The van der Waals surface area contributed by atoms with Crippen molar-refractivity contribution in [1.29, 1.82) is 0 Å². The van der Waals surface area contributed by atoms with E-state index in [0.717, 1.165) is 0 Å². The third-order valence-electron chi connectivity index (χ3n) is 1.03. The highest BCUT2D eigenvalue weighted by atomic mass is 19.4. The number of nitrogens with two attached hydrogens (primary N) is 2. The van der Waals surface area contributed by atoms with Crippen LogP contribution in [-0.2, 0) is 4.79 Å². The molecule has 0 saturated heterocycles. The second kappa shape index (κ2) is 4.08. The molecule has 5 N–H and O–H groups in total. The van der Waals surface area contributed by atoms with Gasteiger partial charge in [0.15, 0.2) is 0 Å². The molecular formula is C5H8F3N3O2. The number of rotatable bonds is 2. The van der Waals surface area contributed by atoms with Crippen molar-refractivity contribution < 1.29 is 22.8 Å². The number of nitrogens with one attached hydrogen (secondary N) is 1. The molecule has 8 heteroatoms. The Bertz CT molecular complexity index is 216. The maximum absolute atomic E-state index is 11.6. The van der Waals surface area contributed by atoms with E-state index in [-0.39, 0.29) is 0 Å². The van der Waals surface area contributed by atoms with Gasteiger partial charge in [0.25, 0.3) is 0 Å². The van der Waals surface area contributed by atoms with Crippen molar-refractivity contribution in [3.63, 3.8) is 0 Å². The van der Waals surface area contributed by atoms with E-state index in [2.05, 4.69) is 5.73 Å². The van der Waals surface area contributed by atoms with Crippen LogP contribution < -0.4 is 16.8 Å². The van der Waals surface area contributed by atoms with Crippen molar-refractivity contribution in [2.45, 2.75) is 18.6 Å². The van der Waals surface area contributed by atoms with E-state index < -0.39 is 30.6 Å². The lowest BCUT2D eigenvalue weighted by atomic mass is 10.2. The van der Waals surface area contributed by atoms with Crippen molar-refractivity contribution in [2.24, 2.45) is 11.5 Å². The summed E-state index contributed by atoms with van der Waals surface area (Å²) in [6.45, 7) is 0. The number of alkyl halides is 3. The zero-order chi connectivity index (χ0) is 10.6. The molecule has 0 rings (SSSR count).